The van der Waals surface area contributed by atoms with Crippen molar-refractivity contribution >= 4 is 11.8 Å². The Hall–Kier alpha value is -1.42. The molecule has 0 rings (SSSR count). The van der Waals surface area contributed by atoms with E-state index in [1.807, 2.05) is 27.7 Å². The molecule has 0 aliphatic carbocycles. The molecule has 0 aliphatic rings. The van der Waals surface area contributed by atoms with Gasteiger partial charge in [-0.25, -0.2) is 0 Å². The highest BCUT2D eigenvalue weighted by molar-refractivity contribution is 5.79. The number of nitrogens with one attached hydrogen (secondary N) is 1. The van der Waals surface area contributed by atoms with Gasteiger partial charge in [0, 0.05) is 18.3 Å². The van der Waals surface area contributed by atoms with Crippen LogP contribution in [0.1, 0.15) is 34.1 Å². The number of rotatable bonds is 13. The molecule has 0 aliphatic heterocycles. The molecule has 0 bridgehead atoms. The molecule has 0 spiro atoms. The fourth-order valence-electron chi connectivity index (χ4n) is 1.65. The Morgan fingerprint density at radius 3 is 2.25 bits per heavy atom. The van der Waals surface area contributed by atoms with E-state index in [1.165, 1.54) is 0 Å². The Balaban J connectivity index is 3.97. The summed E-state index contributed by atoms with van der Waals surface area (Å²) in [6, 6.07) is 0. The number of nitrogens with zero attached hydrogens (tertiary/aromatic N) is 1. The lowest BCUT2D eigenvalue weighted by Gasteiger charge is -2.29. The molecule has 2 amide bonds. The third-order valence-corrected chi connectivity index (χ3v) is 3.08. The first-order chi connectivity index (χ1) is 11.1. The number of ether oxygens (including phenoxy) is 3. The first kappa shape index (κ1) is 22.6. The fourth-order valence-corrected chi connectivity index (χ4v) is 1.65. The minimum atomic E-state index is -0.953. The van der Waals surface area contributed by atoms with Gasteiger partial charge < -0.3 is 25.3 Å². The van der Waals surface area contributed by atoms with Gasteiger partial charge in [0.1, 0.15) is 13.2 Å². The van der Waals surface area contributed by atoms with E-state index in [9.17, 15) is 14.5 Å². The van der Waals surface area contributed by atoms with Crippen LogP contribution >= 0.6 is 0 Å². The van der Waals surface area contributed by atoms with Gasteiger partial charge in [-0.2, -0.15) is 0 Å². The van der Waals surface area contributed by atoms with Crippen LogP contribution in [-0.4, -0.2) is 62.5 Å². The molecule has 0 aromatic rings. The molecule has 0 heterocycles. The second kappa shape index (κ2) is 11.2. The molecule has 0 unspecified atom stereocenters. The summed E-state index contributed by atoms with van der Waals surface area (Å²) >= 11 is 0. The van der Waals surface area contributed by atoms with Crippen LogP contribution in [0.2, 0.25) is 0 Å². The summed E-state index contributed by atoms with van der Waals surface area (Å²) in [6.07, 6.45) is 0.689. The number of carbonyl (C=O) groups is 2. The van der Waals surface area contributed by atoms with Crippen LogP contribution in [-0.2, 0) is 23.8 Å². The Labute approximate surface area is 142 Å². The lowest BCUT2D eigenvalue weighted by atomic mass is 10.1. The zero-order chi connectivity index (χ0) is 18.6. The third-order valence-electron chi connectivity index (χ3n) is 3.08. The molecule has 0 radical (unpaired) electrons. The number of hydrogen-bond donors (Lipinski definition) is 2. The van der Waals surface area contributed by atoms with E-state index in [-0.39, 0.29) is 18.8 Å². The Kier molecular flexibility index (Phi) is 10.5. The highest BCUT2D eigenvalue weighted by Crippen LogP contribution is 2.16. The van der Waals surface area contributed by atoms with Crippen molar-refractivity contribution in [3.63, 3.8) is 0 Å². The van der Waals surface area contributed by atoms with Gasteiger partial charge in [-0.3, -0.25) is 9.59 Å². The summed E-state index contributed by atoms with van der Waals surface area (Å²) in [5, 5.41) is 4.80. The van der Waals surface area contributed by atoms with Crippen LogP contribution in [0, 0.1) is 4.91 Å². The molecule has 9 nitrogen and oxygen atoms in total. The molecular formula is C15H29N3O6. The van der Waals surface area contributed by atoms with E-state index in [0.29, 0.717) is 26.2 Å². The van der Waals surface area contributed by atoms with Gasteiger partial charge in [0.25, 0.3) is 0 Å². The zero-order valence-electron chi connectivity index (χ0n) is 14.9. The number of nitroso groups, excluding NO2 is 1. The summed E-state index contributed by atoms with van der Waals surface area (Å²) in [5.74, 6) is -1.36. The Morgan fingerprint density at radius 1 is 1.04 bits per heavy atom. The first-order valence-electron chi connectivity index (χ1n) is 7.80. The van der Waals surface area contributed by atoms with Crippen LogP contribution in [0.5, 0.6) is 0 Å². The molecule has 0 fully saturated rings. The van der Waals surface area contributed by atoms with E-state index in [2.05, 4.69) is 10.5 Å². The van der Waals surface area contributed by atoms with Crippen molar-refractivity contribution in [1.82, 2.24) is 5.32 Å². The van der Waals surface area contributed by atoms with Crippen LogP contribution in [0.4, 0.5) is 0 Å². The topological polar surface area (TPSA) is 129 Å². The van der Waals surface area contributed by atoms with E-state index in [1.54, 1.807) is 0 Å². The lowest BCUT2D eigenvalue weighted by Crippen LogP contribution is -2.42. The van der Waals surface area contributed by atoms with E-state index in [4.69, 9.17) is 19.9 Å². The average Bonchev–Trinajstić information content (AvgIpc) is 2.50. The minimum absolute atomic E-state index is 0.277. The zero-order valence-corrected chi connectivity index (χ0v) is 14.9. The minimum Gasteiger partial charge on any atom is -0.374 e. The van der Waals surface area contributed by atoms with Crippen molar-refractivity contribution < 1.29 is 23.8 Å². The molecule has 24 heavy (non-hydrogen) atoms. The van der Waals surface area contributed by atoms with Crippen LogP contribution in [0.15, 0.2) is 5.18 Å². The van der Waals surface area contributed by atoms with Crippen molar-refractivity contribution in [2.24, 2.45) is 10.9 Å². The molecule has 3 N–H and O–H groups in total. The van der Waals surface area contributed by atoms with Crippen molar-refractivity contribution in [2.75, 3.05) is 39.5 Å². The monoisotopic (exact) mass is 347 g/mol. The number of amides is 2. The van der Waals surface area contributed by atoms with E-state index >= 15 is 0 Å². The normalized spacial score (nSPS) is 12.0. The predicted octanol–water partition coefficient (Wildman–Crippen LogP) is 0.351. The van der Waals surface area contributed by atoms with Crippen LogP contribution < -0.4 is 11.1 Å². The molecule has 0 saturated heterocycles. The third kappa shape index (κ3) is 12.1. The standard InChI is InChI=1S/C15H29N3O6/c1-14(2,24-8-6-16)5-7-23-15(3,4)11-17-12(19)9-22-10-13(20)18-21/h5-11,16H2,1-4H3,(H,17,19). The Bertz CT molecular complexity index is 412. The van der Waals surface area contributed by atoms with Gasteiger partial charge in [0.2, 0.25) is 5.91 Å². The maximum absolute atomic E-state index is 11.6. The summed E-state index contributed by atoms with van der Waals surface area (Å²) < 4.78 is 16.1. The molecule has 9 heteroatoms. The summed E-state index contributed by atoms with van der Waals surface area (Å²) in [7, 11) is 0. The lowest BCUT2D eigenvalue weighted by molar-refractivity contribution is -0.130. The molecular weight excluding hydrogens is 318 g/mol. The molecule has 140 valence electrons. The second-order valence-corrected chi connectivity index (χ2v) is 6.51. The molecule has 0 atom stereocenters. The predicted molar refractivity (Wildman–Crippen MR) is 88.4 cm³/mol. The van der Waals surface area contributed by atoms with E-state index in [0.717, 1.165) is 0 Å². The van der Waals surface area contributed by atoms with Gasteiger partial charge in [-0.05, 0) is 34.1 Å². The van der Waals surface area contributed by atoms with Crippen LogP contribution in [0.25, 0.3) is 0 Å². The maximum Gasteiger partial charge on any atom is 0.311 e. The quantitative estimate of drug-likeness (QED) is 0.460. The summed E-state index contributed by atoms with van der Waals surface area (Å²) in [5.41, 5.74) is 4.52. The highest BCUT2D eigenvalue weighted by Gasteiger charge is 2.23. The van der Waals surface area contributed by atoms with Gasteiger partial charge in [-0.1, -0.05) is 0 Å². The van der Waals surface area contributed by atoms with Gasteiger partial charge >= 0.3 is 5.91 Å². The summed E-state index contributed by atoms with van der Waals surface area (Å²) in [4.78, 5) is 32.0. The first-order valence-corrected chi connectivity index (χ1v) is 7.80. The maximum atomic E-state index is 11.6. The highest BCUT2D eigenvalue weighted by atomic mass is 16.5. The largest absolute Gasteiger partial charge is 0.374 e. The van der Waals surface area contributed by atoms with Gasteiger partial charge in [0.15, 0.2) is 0 Å². The van der Waals surface area contributed by atoms with Gasteiger partial charge in [0.05, 0.1) is 24.4 Å². The number of nitrogens with two attached hydrogens (primary N) is 1. The summed E-state index contributed by atoms with van der Waals surface area (Å²) in [6.45, 7) is 8.51. The smallest absolute Gasteiger partial charge is 0.311 e. The van der Waals surface area contributed by atoms with E-state index < -0.39 is 24.0 Å². The van der Waals surface area contributed by atoms with Crippen molar-refractivity contribution in [1.29, 1.82) is 0 Å². The molecule has 0 aromatic heterocycles. The van der Waals surface area contributed by atoms with Crippen molar-refractivity contribution in [3.05, 3.63) is 4.91 Å². The van der Waals surface area contributed by atoms with Crippen molar-refractivity contribution in [3.8, 4) is 0 Å². The van der Waals surface area contributed by atoms with Crippen LogP contribution in [0.3, 0.4) is 0 Å². The SMILES string of the molecule is CC(C)(CCOC(C)(C)CNC(=O)COCC(=O)N=O)OCCN. The second-order valence-electron chi connectivity index (χ2n) is 6.51. The number of hydrogen-bond acceptors (Lipinski definition) is 7. The van der Waals surface area contributed by atoms with Crippen molar-refractivity contribution in [2.45, 2.75) is 45.3 Å². The average molecular weight is 347 g/mol. The fraction of sp³-hybridized carbons (Fsp3) is 0.867. The molecule has 0 saturated carbocycles. The number of carbonyl (C=O) groups excluding carboxylic acids is 2. The molecule has 0 aromatic carbocycles. The van der Waals surface area contributed by atoms with Gasteiger partial charge in [-0.15, -0.1) is 4.91 Å². The Morgan fingerprint density at radius 2 is 1.67 bits per heavy atom.